The quantitative estimate of drug-likeness (QED) is 0.535. The fraction of sp³-hybridized carbons (Fsp3) is 0.875. The van der Waals surface area contributed by atoms with E-state index in [0.29, 0.717) is 0 Å². The van der Waals surface area contributed by atoms with Crippen LogP contribution in [0.2, 0.25) is 0 Å². The Balaban J connectivity index is 2.61. The van der Waals surface area contributed by atoms with E-state index < -0.39 is 0 Å². The van der Waals surface area contributed by atoms with Gasteiger partial charge in [0.25, 0.3) is 0 Å². The molecule has 0 aromatic rings. The zero-order valence-electron chi connectivity index (χ0n) is 7.56. The average molecular weight is 156 g/mol. The van der Waals surface area contributed by atoms with Gasteiger partial charge in [-0.3, -0.25) is 10.1 Å². The summed E-state index contributed by atoms with van der Waals surface area (Å²) in [5.41, 5.74) is 0.0976. The fourth-order valence-corrected chi connectivity index (χ4v) is 1.10. The lowest BCUT2D eigenvalue weighted by Gasteiger charge is -2.26. The van der Waals surface area contributed by atoms with Crippen LogP contribution in [0.5, 0.6) is 0 Å². The first kappa shape index (κ1) is 8.53. The SMILES string of the molecule is CC1NC(C(C)(C)C)NC1=O. The number of carbonyl (C=O) groups is 1. The molecule has 1 aliphatic rings. The predicted octanol–water partition coefficient (Wildman–Crippen LogP) is 0.466. The molecule has 2 N–H and O–H groups in total. The second kappa shape index (κ2) is 2.48. The van der Waals surface area contributed by atoms with Crippen LogP contribution >= 0.6 is 0 Å². The van der Waals surface area contributed by atoms with Crippen LogP contribution in [-0.2, 0) is 4.79 Å². The highest BCUT2D eigenvalue weighted by Crippen LogP contribution is 2.20. The smallest absolute Gasteiger partial charge is 0.238 e. The van der Waals surface area contributed by atoms with Crippen LogP contribution < -0.4 is 10.6 Å². The van der Waals surface area contributed by atoms with E-state index in [-0.39, 0.29) is 23.5 Å². The summed E-state index contributed by atoms with van der Waals surface area (Å²) in [5.74, 6) is 0.102. The van der Waals surface area contributed by atoms with Gasteiger partial charge < -0.3 is 5.32 Å². The molecule has 2 atom stereocenters. The van der Waals surface area contributed by atoms with Crippen LogP contribution in [0.25, 0.3) is 0 Å². The van der Waals surface area contributed by atoms with Gasteiger partial charge in [0.05, 0.1) is 12.2 Å². The summed E-state index contributed by atoms with van der Waals surface area (Å²) in [7, 11) is 0. The van der Waals surface area contributed by atoms with Crippen molar-refractivity contribution in [1.29, 1.82) is 0 Å². The molecule has 0 spiro atoms. The number of nitrogens with one attached hydrogen (secondary N) is 2. The number of rotatable bonds is 0. The largest absolute Gasteiger partial charge is 0.339 e. The van der Waals surface area contributed by atoms with E-state index in [1.165, 1.54) is 0 Å². The molecule has 0 saturated carbocycles. The molecule has 0 aromatic carbocycles. The van der Waals surface area contributed by atoms with Gasteiger partial charge in [0.1, 0.15) is 0 Å². The molecule has 0 radical (unpaired) electrons. The van der Waals surface area contributed by atoms with Gasteiger partial charge >= 0.3 is 0 Å². The van der Waals surface area contributed by atoms with Crippen molar-refractivity contribution in [2.45, 2.75) is 39.9 Å². The Hall–Kier alpha value is -0.570. The number of hydrogen-bond acceptors (Lipinski definition) is 2. The Morgan fingerprint density at radius 3 is 2.09 bits per heavy atom. The van der Waals surface area contributed by atoms with Crippen LogP contribution in [0.4, 0.5) is 0 Å². The van der Waals surface area contributed by atoms with Crippen LogP contribution in [0.1, 0.15) is 27.7 Å². The molecule has 1 saturated heterocycles. The maximum absolute atomic E-state index is 11.1. The highest BCUT2D eigenvalue weighted by molar-refractivity contribution is 5.83. The van der Waals surface area contributed by atoms with E-state index in [1.54, 1.807) is 0 Å². The van der Waals surface area contributed by atoms with E-state index in [4.69, 9.17) is 0 Å². The average Bonchev–Trinajstić information content (AvgIpc) is 2.11. The van der Waals surface area contributed by atoms with Gasteiger partial charge in [-0.15, -0.1) is 0 Å². The van der Waals surface area contributed by atoms with Gasteiger partial charge in [-0.2, -0.15) is 0 Å². The lowest BCUT2D eigenvalue weighted by Crippen LogP contribution is -2.44. The predicted molar refractivity (Wildman–Crippen MR) is 44.0 cm³/mol. The van der Waals surface area contributed by atoms with Crippen LogP contribution in [0.3, 0.4) is 0 Å². The highest BCUT2D eigenvalue weighted by Gasteiger charge is 2.34. The minimum Gasteiger partial charge on any atom is -0.339 e. The molecule has 64 valence electrons. The Morgan fingerprint density at radius 1 is 1.36 bits per heavy atom. The van der Waals surface area contributed by atoms with Crippen molar-refractivity contribution >= 4 is 5.91 Å². The molecule has 1 aliphatic heterocycles. The third kappa shape index (κ3) is 1.71. The van der Waals surface area contributed by atoms with Gasteiger partial charge in [0.15, 0.2) is 0 Å². The van der Waals surface area contributed by atoms with Crippen LogP contribution in [0, 0.1) is 5.41 Å². The lowest BCUT2D eigenvalue weighted by atomic mass is 9.93. The van der Waals surface area contributed by atoms with Crippen molar-refractivity contribution in [3.63, 3.8) is 0 Å². The summed E-state index contributed by atoms with van der Waals surface area (Å²) in [5, 5.41) is 6.08. The summed E-state index contributed by atoms with van der Waals surface area (Å²) in [4.78, 5) is 11.1. The Morgan fingerprint density at radius 2 is 1.91 bits per heavy atom. The summed E-state index contributed by atoms with van der Waals surface area (Å²) in [6, 6.07) is -0.0424. The third-order valence-electron chi connectivity index (χ3n) is 1.96. The monoisotopic (exact) mass is 156 g/mol. The summed E-state index contributed by atoms with van der Waals surface area (Å²) in [6.07, 6.45) is 0.116. The second-order valence-corrected chi connectivity index (χ2v) is 4.20. The molecule has 0 bridgehead atoms. The third-order valence-corrected chi connectivity index (χ3v) is 1.96. The molecule has 1 heterocycles. The van der Waals surface area contributed by atoms with Gasteiger partial charge in [-0.05, 0) is 12.3 Å². The second-order valence-electron chi connectivity index (χ2n) is 4.20. The molecule has 3 nitrogen and oxygen atoms in total. The first-order valence-electron chi connectivity index (χ1n) is 3.97. The summed E-state index contributed by atoms with van der Waals surface area (Å²) in [6.45, 7) is 8.18. The van der Waals surface area contributed by atoms with Crippen LogP contribution in [-0.4, -0.2) is 18.1 Å². The van der Waals surface area contributed by atoms with E-state index in [2.05, 4.69) is 31.4 Å². The van der Waals surface area contributed by atoms with Crippen molar-refractivity contribution in [3.05, 3.63) is 0 Å². The Labute approximate surface area is 67.5 Å². The van der Waals surface area contributed by atoms with E-state index in [9.17, 15) is 4.79 Å². The molecule has 1 fully saturated rings. The van der Waals surface area contributed by atoms with Crippen molar-refractivity contribution < 1.29 is 4.79 Å². The Bertz CT molecular complexity index is 171. The van der Waals surface area contributed by atoms with Crippen molar-refractivity contribution in [2.24, 2.45) is 5.41 Å². The van der Waals surface area contributed by atoms with E-state index >= 15 is 0 Å². The molecule has 3 heteroatoms. The number of hydrogen-bond donors (Lipinski definition) is 2. The minimum atomic E-state index is -0.0424. The minimum absolute atomic E-state index is 0.0424. The molecule has 11 heavy (non-hydrogen) atoms. The molecule has 0 aromatic heterocycles. The maximum atomic E-state index is 11.1. The summed E-state index contributed by atoms with van der Waals surface area (Å²) >= 11 is 0. The first-order chi connectivity index (χ1) is 4.91. The molecule has 2 unspecified atom stereocenters. The molecule has 1 rings (SSSR count). The van der Waals surface area contributed by atoms with Gasteiger partial charge in [0, 0.05) is 0 Å². The summed E-state index contributed by atoms with van der Waals surface area (Å²) < 4.78 is 0. The van der Waals surface area contributed by atoms with Crippen LogP contribution in [0.15, 0.2) is 0 Å². The van der Waals surface area contributed by atoms with Crippen molar-refractivity contribution in [2.75, 3.05) is 0 Å². The highest BCUT2D eigenvalue weighted by atomic mass is 16.2. The molecule has 1 amide bonds. The maximum Gasteiger partial charge on any atom is 0.238 e. The molecular weight excluding hydrogens is 140 g/mol. The normalized spacial score (nSPS) is 32.2. The Kier molecular flexibility index (Phi) is 1.92. The van der Waals surface area contributed by atoms with Gasteiger partial charge in [-0.1, -0.05) is 20.8 Å². The topological polar surface area (TPSA) is 41.1 Å². The zero-order valence-corrected chi connectivity index (χ0v) is 7.56. The fourth-order valence-electron chi connectivity index (χ4n) is 1.10. The number of carbonyl (C=O) groups excluding carboxylic acids is 1. The zero-order chi connectivity index (χ0) is 8.65. The standard InChI is InChI=1S/C8H16N2O/c1-5-6(11)10-7(9-5)8(2,3)4/h5,7,9H,1-4H3,(H,10,11). The molecule has 0 aliphatic carbocycles. The number of amides is 1. The van der Waals surface area contributed by atoms with E-state index in [0.717, 1.165) is 0 Å². The van der Waals surface area contributed by atoms with Crippen molar-refractivity contribution in [3.8, 4) is 0 Å². The van der Waals surface area contributed by atoms with Crippen molar-refractivity contribution in [1.82, 2.24) is 10.6 Å². The molecular formula is C8H16N2O. The lowest BCUT2D eigenvalue weighted by molar-refractivity contribution is -0.120. The van der Waals surface area contributed by atoms with Gasteiger partial charge in [0.2, 0.25) is 5.91 Å². The van der Waals surface area contributed by atoms with Gasteiger partial charge in [-0.25, -0.2) is 0 Å². The first-order valence-corrected chi connectivity index (χ1v) is 3.97. The van der Waals surface area contributed by atoms with E-state index in [1.807, 2.05) is 6.92 Å².